The number of aliphatic hydroxyl groups is 2. The van der Waals surface area contributed by atoms with Gasteiger partial charge in [0.25, 0.3) is 5.91 Å². The molecule has 60 heavy (non-hydrogen) atoms. The van der Waals surface area contributed by atoms with Crippen molar-refractivity contribution in [2.45, 2.75) is 43.7 Å². The maximum absolute atomic E-state index is 12.4. The van der Waals surface area contributed by atoms with Crippen LogP contribution in [0, 0.1) is 0 Å². The van der Waals surface area contributed by atoms with E-state index in [-0.39, 0.29) is 44.3 Å². The third-order valence-electron chi connectivity index (χ3n) is 9.70. The molecule has 316 valence electrons. The molecule has 2 aliphatic rings. The molecule has 5 rings (SSSR count). The number of benzene rings is 2. The first-order valence-electron chi connectivity index (χ1n) is 19.5. The molecule has 0 bridgehead atoms. The van der Waals surface area contributed by atoms with E-state index in [0.717, 1.165) is 39.4 Å². The Balaban J connectivity index is 0.901. The lowest BCUT2D eigenvalue weighted by Crippen LogP contribution is -2.42. The van der Waals surface area contributed by atoms with Gasteiger partial charge >= 0.3 is 11.9 Å². The highest BCUT2D eigenvalue weighted by Crippen LogP contribution is 2.28. The summed E-state index contributed by atoms with van der Waals surface area (Å²) in [6.45, 7) is 5.61. The number of β-amino-alcohol motifs (C(OH)–C–C–N with tert-alkyl or cyclic N) is 2. The van der Waals surface area contributed by atoms with E-state index in [2.05, 4.69) is 22.2 Å². The Morgan fingerprint density at radius 1 is 0.733 bits per heavy atom. The van der Waals surface area contributed by atoms with Gasteiger partial charge in [-0.2, -0.15) is 4.57 Å². The molecule has 2 amide bonds. The second-order valence-electron chi connectivity index (χ2n) is 14.1. The number of amides is 2. The molecule has 0 aliphatic carbocycles. The van der Waals surface area contributed by atoms with Crippen LogP contribution in [0.3, 0.4) is 0 Å². The van der Waals surface area contributed by atoms with Crippen LogP contribution in [-0.4, -0.2) is 119 Å². The van der Waals surface area contributed by atoms with Gasteiger partial charge in [-0.05, 0) is 52.6 Å². The van der Waals surface area contributed by atoms with Crippen LogP contribution in [0.4, 0.5) is 11.4 Å². The monoisotopic (exact) mass is 855 g/mol. The van der Waals surface area contributed by atoms with Crippen molar-refractivity contribution in [1.82, 2.24) is 10.6 Å². The van der Waals surface area contributed by atoms with E-state index in [0.29, 0.717) is 25.4 Å². The number of aliphatic carboxylic acids is 2. The number of pyridine rings is 1. The Morgan fingerprint density at radius 3 is 1.72 bits per heavy atom. The minimum atomic E-state index is -0.952. The molecule has 4 unspecified atom stereocenters. The largest absolute Gasteiger partial charge is 0.480 e. The lowest BCUT2D eigenvalue weighted by atomic mass is 10.1. The lowest BCUT2D eigenvalue weighted by molar-refractivity contribution is -0.684. The quantitative estimate of drug-likeness (QED) is 0.0300. The number of nitrogens with one attached hydrogen (secondary N) is 2. The fourth-order valence-electron chi connectivity index (χ4n) is 6.62. The van der Waals surface area contributed by atoms with Crippen LogP contribution in [0.15, 0.2) is 108 Å². The van der Waals surface area contributed by atoms with E-state index in [1.165, 1.54) is 0 Å². The number of hydrogen-bond acceptors (Lipinski definition) is 11. The number of allylic oxidation sites excluding steroid dienone is 4. The molecule has 0 saturated carbocycles. The number of hydrogen-bond donors (Lipinski definition) is 6. The second-order valence-corrected chi connectivity index (χ2v) is 16.9. The fraction of sp³-hybridized carbons (Fsp3) is 0.318. The van der Waals surface area contributed by atoms with Crippen molar-refractivity contribution in [3.63, 3.8) is 0 Å². The van der Waals surface area contributed by atoms with Gasteiger partial charge in [0.1, 0.15) is 18.6 Å². The number of aromatic nitrogens is 1. The third-order valence-corrected chi connectivity index (χ3v) is 12.1. The van der Waals surface area contributed by atoms with E-state index >= 15 is 0 Å². The zero-order chi connectivity index (χ0) is 42.9. The molecule has 4 atom stereocenters. The van der Waals surface area contributed by atoms with Crippen molar-refractivity contribution in [1.29, 1.82) is 0 Å². The topological polar surface area (TPSA) is 196 Å². The van der Waals surface area contributed by atoms with Crippen LogP contribution in [0.5, 0.6) is 0 Å². The second kappa shape index (κ2) is 23.2. The molecule has 6 N–H and O–H groups in total. The number of rotatable bonds is 21. The number of carboxylic acid groups (broad SMARTS) is 2. The van der Waals surface area contributed by atoms with Crippen molar-refractivity contribution in [3.8, 4) is 0 Å². The maximum Gasteiger partial charge on any atom is 0.326 e. The number of aliphatic hydroxyl groups excluding tert-OH is 2. The van der Waals surface area contributed by atoms with Gasteiger partial charge < -0.3 is 40.9 Å². The van der Waals surface area contributed by atoms with E-state index < -0.39 is 36.2 Å². The highest BCUT2D eigenvalue weighted by atomic mass is 33.1. The molecular weight excluding hydrogens is 805 g/mol. The van der Waals surface area contributed by atoms with E-state index in [4.69, 9.17) is 0 Å². The predicted octanol–water partition coefficient (Wildman–Crippen LogP) is 3.70. The van der Waals surface area contributed by atoms with Crippen LogP contribution in [0.2, 0.25) is 0 Å². The first-order chi connectivity index (χ1) is 29.0. The van der Waals surface area contributed by atoms with Gasteiger partial charge in [0.05, 0.1) is 12.2 Å². The minimum Gasteiger partial charge on any atom is -0.480 e. The Morgan fingerprint density at radius 2 is 1.22 bits per heavy atom. The highest BCUT2D eigenvalue weighted by Gasteiger charge is 2.37. The molecule has 3 heterocycles. The molecular formula is C44H51N6O8S2+. The Bertz CT molecular complexity index is 2060. The summed E-state index contributed by atoms with van der Waals surface area (Å²) in [6, 6.07) is 17.3. The zero-order valence-corrected chi connectivity index (χ0v) is 34.7. The van der Waals surface area contributed by atoms with Crippen molar-refractivity contribution in [2.75, 3.05) is 54.0 Å². The standard InChI is InChI=1S/C44H50N6O8S2/c1-2-31(3-4-32-7-11-35(12-8-32)49-28-37(51)25-39(49)43(55)56)15-18-45-27-41(53)46-19-23-59-60-24-20-47-42(54)30-48-21-16-34(17-22-48)6-5-33-9-13-36(14-10-33)50-29-38(52)26-40(50)44(57)58/h2-18,21-22,37-40,51-52H,1,19-20,23-30H2,(H3-,46,47,53,54,55,56,57,58)/p+1/b4-3+,31-15+,45-18?. The molecule has 14 nitrogen and oxygen atoms in total. The zero-order valence-electron chi connectivity index (χ0n) is 33.1. The van der Waals surface area contributed by atoms with Crippen molar-refractivity contribution in [3.05, 3.63) is 120 Å². The van der Waals surface area contributed by atoms with Crippen LogP contribution >= 0.6 is 21.6 Å². The number of aliphatic imine (C=N–C) groups is 1. The molecule has 3 aromatic rings. The number of carbonyl (C=O) groups excluding carboxylic acids is 2. The SMILES string of the molecule is C=CC(/C=C/c1ccc(N2CC(O)CC2C(=O)O)cc1)=C\C=NCC(=O)NCCSSCCNC(=O)C[n+]1ccc(/C=C/c2ccc(N3CC(O)CC3C(=O)O)cc2)cc1. The summed E-state index contributed by atoms with van der Waals surface area (Å²) in [5, 5.41) is 44.5. The summed E-state index contributed by atoms with van der Waals surface area (Å²) in [5.74, 6) is -0.740. The van der Waals surface area contributed by atoms with E-state index in [9.17, 15) is 39.6 Å². The molecule has 1 aromatic heterocycles. The molecule has 2 aromatic carbocycles. The van der Waals surface area contributed by atoms with Crippen LogP contribution in [0.25, 0.3) is 18.2 Å². The smallest absolute Gasteiger partial charge is 0.326 e. The predicted molar refractivity (Wildman–Crippen MR) is 239 cm³/mol. The number of carboxylic acids is 2. The third kappa shape index (κ3) is 14.3. The normalized spacial score (nSPS) is 19.4. The average Bonchev–Trinajstić information content (AvgIpc) is 3.84. The molecule has 2 saturated heterocycles. The molecule has 2 fully saturated rings. The maximum atomic E-state index is 12.4. The summed E-state index contributed by atoms with van der Waals surface area (Å²) in [5.41, 5.74) is 5.11. The Kier molecular flexibility index (Phi) is 17.6. The van der Waals surface area contributed by atoms with Crippen LogP contribution in [0.1, 0.15) is 29.5 Å². The van der Waals surface area contributed by atoms with Crippen LogP contribution in [-0.2, 0) is 25.7 Å². The van der Waals surface area contributed by atoms with Crippen molar-refractivity contribution in [2.24, 2.45) is 4.99 Å². The number of nitrogens with zero attached hydrogens (tertiary/aromatic N) is 4. The van der Waals surface area contributed by atoms with Crippen LogP contribution < -0.4 is 25.0 Å². The minimum absolute atomic E-state index is 0.00396. The van der Waals surface area contributed by atoms with Crippen molar-refractivity contribution < 1.29 is 44.2 Å². The summed E-state index contributed by atoms with van der Waals surface area (Å²) >= 11 is 0. The fourth-order valence-corrected chi connectivity index (χ4v) is 8.43. The Hall–Kier alpha value is -5.68. The first-order valence-corrected chi connectivity index (χ1v) is 22.0. The van der Waals surface area contributed by atoms with Gasteiger partial charge in [-0.3, -0.25) is 14.6 Å². The lowest BCUT2D eigenvalue weighted by Gasteiger charge is -2.23. The molecule has 0 spiro atoms. The average molecular weight is 856 g/mol. The van der Waals surface area contributed by atoms with Gasteiger partial charge in [-0.15, -0.1) is 0 Å². The van der Waals surface area contributed by atoms with Gasteiger partial charge in [0.2, 0.25) is 12.5 Å². The van der Waals surface area contributed by atoms with E-state index in [1.54, 1.807) is 54.3 Å². The van der Waals surface area contributed by atoms with Gasteiger partial charge in [-0.1, -0.05) is 82.8 Å². The first kappa shape index (κ1) is 45.4. The summed E-state index contributed by atoms with van der Waals surface area (Å²) in [7, 11) is 3.23. The van der Waals surface area contributed by atoms with Gasteiger partial charge in [-0.25, -0.2) is 9.59 Å². The summed E-state index contributed by atoms with van der Waals surface area (Å²) in [6.07, 6.45) is 15.4. The summed E-state index contributed by atoms with van der Waals surface area (Å²) < 4.78 is 1.80. The Labute approximate surface area is 357 Å². The van der Waals surface area contributed by atoms with Gasteiger partial charge in [0, 0.05) is 80.2 Å². The molecule has 2 aliphatic heterocycles. The molecule has 16 heteroatoms. The summed E-state index contributed by atoms with van der Waals surface area (Å²) in [4.78, 5) is 55.3. The van der Waals surface area contributed by atoms with Crippen molar-refractivity contribution >= 4 is 81.2 Å². The number of anilines is 2. The highest BCUT2D eigenvalue weighted by molar-refractivity contribution is 8.76. The number of carbonyl (C=O) groups is 4. The van der Waals surface area contributed by atoms with E-state index in [1.807, 2.05) is 97.4 Å². The van der Waals surface area contributed by atoms with Gasteiger partial charge in [0.15, 0.2) is 12.4 Å². The molecule has 0 radical (unpaired) electrons.